The highest BCUT2D eigenvalue weighted by molar-refractivity contribution is 5.76. The molecule has 1 heterocycles. The van der Waals surface area contributed by atoms with Crippen molar-refractivity contribution in [2.75, 3.05) is 6.54 Å². The Hall–Kier alpha value is -1.55. The molecule has 2 N–H and O–H groups in total. The molecule has 1 aromatic rings. The second-order valence-electron chi connectivity index (χ2n) is 3.85. The second-order valence-corrected chi connectivity index (χ2v) is 3.85. The van der Waals surface area contributed by atoms with E-state index in [1.807, 2.05) is 6.92 Å². The third kappa shape index (κ3) is 1.94. The van der Waals surface area contributed by atoms with Crippen molar-refractivity contribution >= 4 is 6.29 Å². The fraction of sp³-hybridized carbons (Fsp3) is 0.364. The van der Waals surface area contributed by atoms with Gasteiger partial charge >= 0.3 is 0 Å². The SMILES string of the molecule is C[C@@]1(Oc2ccc(C=O)cc2O)CCN1. The van der Waals surface area contributed by atoms with Crippen molar-refractivity contribution in [2.24, 2.45) is 0 Å². The largest absolute Gasteiger partial charge is 0.504 e. The van der Waals surface area contributed by atoms with Gasteiger partial charge in [-0.05, 0) is 25.1 Å². The highest BCUT2D eigenvalue weighted by Gasteiger charge is 2.33. The zero-order valence-corrected chi connectivity index (χ0v) is 8.49. The van der Waals surface area contributed by atoms with Gasteiger partial charge in [-0.2, -0.15) is 0 Å². The van der Waals surface area contributed by atoms with E-state index in [2.05, 4.69) is 5.32 Å². The van der Waals surface area contributed by atoms with Crippen molar-refractivity contribution in [3.05, 3.63) is 23.8 Å². The predicted octanol–water partition coefficient (Wildman–Crippen LogP) is 1.29. The number of carbonyl (C=O) groups excluding carboxylic acids is 1. The van der Waals surface area contributed by atoms with E-state index >= 15 is 0 Å². The maximum Gasteiger partial charge on any atom is 0.163 e. The third-order valence-electron chi connectivity index (χ3n) is 2.56. The van der Waals surface area contributed by atoms with Crippen LogP contribution in [-0.4, -0.2) is 23.7 Å². The minimum atomic E-state index is -0.389. The number of benzene rings is 1. The minimum absolute atomic E-state index is 0.00507. The molecule has 1 aliphatic heterocycles. The summed E-state index contributed by atoms with van der Waals surface area (Å²) in [5.74, 6) is 0.393. The van der Waals surface area contributed by atoms with Crippen LogP contribution in [-0.2, 0) is 0 Å². The maximum atomic E-state index is 10.5. The molecular formula is C11H13NO3. The van der Waals surface area contributed by atoms with Gasteiger partial charge < -0.3 is 9.84 Å². The molecule has 0 spiro atoms. The molecule has 15 heavy (non-hydrogen) atoms. The molecule has 1 aromatic carbocycles. The van der Waals surface area contributed by atoms with E-state index in [1.54, 1.807) is 12.1 Å². The monoisotopic (exact) mass is 207 g/mol. The molecule has 1 aliphatic rings. The molecule has 0 unspecified atom stereocenters. The Morgan fingerprint density at radius 2 is 2.33 bits per heavy atom. The minimum Gasteiger partial charge on any atom is -0.504 e. The standard InChI is InChI=1S/C11H13NO3/c1-11(4-5-12-11)15-10-3-2-8(7-13)6-9(10)14/h2-3,6-7,12,14H,4-5H2,1H3/t11-/m1/s1. The van der Waals surface area contributed by atoms with Gasteiger partial charge in [-0.1, -0.05) is 0 Å². The topological polar surface area (TPSA) is 58.6 Å². The summed E-state index contributed by atoms with van der Waals surface area (Å²) in [5.41, 5.74) is 0.0479. The predicted molar refractivity (Wildman–Crippen MR) is 55.1 cm³/mol. The molecule has 1 fully saturated rings. The number of nitrogens with one attached hydrogen (secondary N) is 1. The summed E-state index contributed by atoms with van der Waals surface area (Å²) in [6.45, 7) is 2.84. The van der Waals surface area contributed by atoms with E-state index in [1.165, 1.54) is 6.07 Å². The Bertz CT molecular complexity index is 385. The molecule has 4 nitrogen and oxygen atoms in total. The quantitative estimate of drug-likeness (QED) is 0.733. The van der Waals surface area contributed by atoms with Crippen molar-refractivity contribution in [2.45, 2.75) is 19.1 Å². The normalized spacial score (nSPS) is 24.3. The van der Waals surface area contributed by atoms with Crippen LogP contribution < -0.4 is 10.1 Å². The van der Waals surface area contributed by atoms with E-state index in [-0.39, 0.29) is 11.5 Å². The highest BCUT2D eigenvalue weighted by atomic mass is 16.5. The number of hydrogen-bond acceptors (Lipinski definition) is 4. The number of hydrogen-bond donors (Lipinski definition) is 2. The van der Waals surface area contributed by atoms with Crippen LogP contribution >= 0.6 is 0 Å². The van der Waals surface area contributed by atoms with Crippen LogP contribution in [0.25, 0.3) is 0 Å². The van der Waals surface area contributed by atoms with Crippen molar-refractivity contribution in [3.63, 3.8) is 0 Å². The molecule has 0 amide bonds. The lowest BCUT2D eigenvalue weighted by Crippen LogP contribution is -2.58. The van der Waals surface area contributed by atoms with Gasteiger partial charge in [0.25, 0.3) is 0 Å². The fourth-order valence-corrected chi connectivity index (χ4v) is 1.50. The van der Waals surface area contributed by atoms with Crippen LogP contribution in [0.5, 0.6) is 11.5 Å². The summed E-state index contributed by atoms with van der Waals surface area (Å²) in [4.78, 5) is 10.5. The summed E-state index contributed by atoms with van der Waals surface area (Å²) in [5, 5.41) is 12.7. The van der Waals surface area contributed by atoms with Crippen molar-refractivity contribution < 1.29 is 14.6 Å². The number of ether oxygens (including phenoxy) is 1. The van der Waals surface area contributed by atoms with Gasteiger partial charge in [0.05, 0.1) is 0 Å². The summed E-state index contributed by atoms with van der Waals surface area (Å²) in [6, 6.07) is 4.61. The van der Waals surface area contributed by atoms with E-state index in [4.69, 9.17) is 4.74 Å². The molecule has 0 aromatic heterocycles. The van der Waals surface area contributed by atoms with Crippen LogP contribution in [0.1, 0.15) is 23.7 Å². The Labute approximate surface area is 87.9 Å². The molecule has 80 valence electrons. The molecule has 0 aliphatic carbocycles. The molecule has 2 rings (SSSR count). The average molecular weight is 207 g/mol. The number of carbonyl (C=O) groups is 1. The van der Waals surface area contributed by atoms with Gasteiger partial charge in [0.2, 0.25) is 0 Å². The summed E-state index contributed by atoms with van der Waals surface area (Å²) < 4.78 is 5.59. The third-order valence-corrected chi connectivity index (χ3v) is 2.56. The van der Waals surface area contributed by atoms with E-state index in [0.29, 0.717) is 17.6 Å². The number of phenolic OH excluding ortho intramolecular Hbond substituents is 1. The number of aldehydes is 1. The maximum absolute atomic E-state index is 10.5. The number of aromatic hydroxyl groups is 1. The summed E-state index contributed by atoms with van der Waals surface area (Å²) in [6.07, 6.45) is 1.59. The fourth-order valence-electron chi connectivity index (χ4n) is 1.50. The molecule has 4 heteroatoms. The van der Waals surface area contributed by atoms with E-state index in [0.717, 1.165) is 13.0 Å². The van der Waals surface area contributed by atoms with Crippen molar-refractivity contribution in [1.82, 2.24) is 5.32 Å². The molecule has 0 saturated carbocycles. The smallest absolute Gasteiger partial charge is 0.163 e. The van der Waals surface area contributed by atoms with Crippen LogP contribution in [0.2, 0.25) is 0 Å². The Balaban J connectivity index is 2.18. The van der Waals surface area contributed by atoms with Gasteiger partial charge in [-0.3, -0.25) is 10.1 Å². The molecular weight excluding hydrogens is 194 g/mol. The average Bonchev–Trinajstić information content (AvgIpc) is 2.18. The lowest BCUT2D eigenvalue weighted by atomic mass is 10.0. The van der Waals surface area contributed by atoms with Crippen molar-refractivity contribution in [3.8, 4) is 11.5 Å². The number of phenols is 1. The van der Waals surface area contributed by atoms with Crippen LogP contribution in [0.4, 0.5) is 0 Å². The molecule has 0 radical (unpaired) electrons. The van der Waals surface area contributed by atoms with Gasteiger partial charge in [-0.25, -0.2) is 0 Å². The van der Waals surface area contributed by atoms with Crippen LogP contribution in [0, 0.1) is 0 Å². The molecule has 0 bridgehead atoms. The van der Waals surface area contributed by atoms with Crippen molar-refractivity contribution in [1.29, 1.82) is 0 Å². The van der Waals surface area contributed by atoms with E-state index < -0.39 is 0 Å². The zero-order valence-electron chi connectivity index (χ0n) is 8.49. The lowest BCUT2D eigenvalue weighted by Gasteiger charge is -2.39. The van der Waals surface area contributed by atoms with Crippen LogP contribution in [0.3, 0.4) is 0 Å². The second kappa shape index (κ2) is 3.55. The highest BCUT2D eigenvalue weighted by Crippen LogP contribution is 2.31. The zero-order chi connectivity index (χ0) is 10.9. The summed E-state index contributed by atoms with van der Waals surface area (Å²) in [7, 11) is 0. The Morgan fingerprint density at radius 1 is 1.60 bits per heavy atom. The molecule has 1 saturated heterocycles. The first kappa shape index (κ1) is 9.98. The first-order valence-electron chi connectivity index (χ1n) is 4.85. The molecule has 1 atom stereocenters. The van der Waals surface area contributed by atoms with Gasteiger partial charge in [0.15, 0.2) is 17.2 Å². The first-order valence-corrected chi connectivity index (χ1v) is 4.85. The lowest BCUT2D eigenvalue weighted by molar-refractivity contribution is -0.0124. The van der Waals surface area contributed by atoms with Gasteiger partial charge in [0.1, 0.15) is 6.29 Å². The summed E-state index contributed by atoms with van der Waals surface area (Å²) >= 11 is 0. The first-order chi connectivity index (χ1) is 7.13. The van der Waals surface area contributed by atoms with Gasteiger partial charge in [-0.15, -0.1) is 0 Å². The Kier molecular flexibility index (Phi) is 2.36. The van der Waals surface area contributed by atoms with Crippen LogP contribution in [0.15, 0.2) is 18.2 Å². The number of rotatable bonds is 3. The Morgan fingerprint density at radius 3 is 2.80 bits per heavy atom. The van der Waals surface area contributed by atoms with E-state index in [9.17, 15) is 9.90 Å². The van der Waals surface area contributed by atoms with Gasteiger partial charge in [0, 0.05) is 18.5 Å².